The van der Waals surface area contributed by atoms with Gasteiger partial charge in [0.1, 0.15) is 17.1 Å². The number of amides is 1. The van der Waals surface area contributed by atoms with E-state index in [1.54, 1.807) is 12.1 Å². The summed E-state index contributed by atoms with van der Waals surface area (Å²) in [5, 5.41) is 2.75. The first kappa shape index (κ1) is 22.4. The average molecular weight is 428 g/mol. The van der Waals surface area contributed by atoms with Crippen LogP contribution in [0.15, 0.2) is 42.5 Å². The molecule has 31 heavy (non-hydrogen) atoms. The summed E-state index contributed by atoms with van der Waals surface area (Å²) in [6, 6.07) is 12.4. The first-order valence-electron chi connectivity index (χ1n) is 10.3. The van der Waals surface area contributed by atoms with Crippen LogP contribution in [-0.4, -0.2) is 70.3 Å². The Morgan fingerprint density at radius 3 is 2.29 bits per heavy atom. The van der Waals surface area contributed by atoms with Crippen molar-refractivity contribution in [1.29, 1.82) is 0 Å². The molecule has 1 N–H and O–H groups in total. The van der Waals surface area contributed by atoms with Gasteiger partial charge in [-0.2, -0.15) is 0 Å². The molecule has 1 aliphatic heterocycles. The van der Waals surface area contributed by atoms with E-state index in [9.17, 15) is 9.59 Å². The van der Waals surface area contributed by atoms with Gasteiger partial charge in [-0.3, -0.25) is 4.79 Å². The number of anilines is 2. The minimum Gasteiger partial charge on any atom is -0.497 e. The molecule has 0 aromatic heterocycles. The maximum atomic E-state index is 12.3. The van der Waals surface area contributed by atoms with E-state index >= 15 is 0 Å². The first-order valence-corrected chi connectivity index (χ1v) is 10.3. The molecule has 8 nitrogen and oxygen atoms in total. The second-order valence-electron chi connectivity index (χ2n) is 7.16. The number of nitrogens with zero attached hydrogens (tertiary/aromatic N) is 2. The summed E-state index contributed by atoms with van der Waals surface area (Å²) < 4.78 is 15.4. The molecule has 0 spiro atoms. The van der Waals surface area contributed by atoms with Gasteiger partial charge < -0.3 is 29.3 Å². The van der Waals surface area contributed by atoms with E-state index < -0.39 is 18.5 Å². The number of carbonyl (C=O) groups is 2. The lowest BCUT2D eigenvalue weighted by Gasteiger charge is -2.35. The summed E-state index contributed by atoms with van der Waals surface area (Å²) in [4.78, 5) is 29.3. The Hall–Kier alpha value is -3.26. The summed E-state index contributed by atoms with van der Waals surface area (Å²) in [6.45, 7) is 6.95. The van der Waals surface area contributed by atoms with Crippen LogP contribution in [0.5, 0.6) is 11.5 Å². The van der Waals surface area contributed by atoms with Crippen molar-refractivity contribution >= 4 is 23.3 Å². The van der Waals surface area contributed by atoms with Crippen molar-refractivity contribution in [2.45, 2.75) is 6.92 Å². The highest BCUT2D eigenvalue weighted by molar-refractivity contribution is 5.97. The lowest BCUT2D eigenvalue weighted by Crippen LogP contribution is -2.46. The molecule has 0 bridgehead atoms. The lowest BCUT2D eigenvalue weighted by atomic mass is 10.2. The number of rotatable bonds is 8. The fourth-order valence-corrected chi connectivity index (χ4v) is 3.45. The van der Waals surface area contributed by atoms with Crippen molar-refractivity contribution in [2.75, 3.05) is 63.8 Å². The third kappa shape index (κ3) is 5.88. The lowest BCUT2D eigenvalue weighted by molar-refractivity contribution is -0.119. The van der Waals surface area contributed by atoms with Gasteiger partial charge >= 0.3 is 5.97 Å². The number of hydrogen-bond acceptors (Lipinski definition) is 7. The molecule has 1 aliphatic rings. The van der Waals surface area contributed by atoms with Crippen LogP contribution < -0.4 is 19.7 Å². The van der Waals surface area contributed by atoms with E-state index in [-0.39, 0.29) is 5.56 Å². The third-order valence-electron chi connectivity index (χ3n) is 5.30. The van der Waals surface area contributed by atoms with E-state index in [1.165, 1.54) is 20.3 Å². The molecule has 1 heterocycles. The highest BCUT2D eigenvalue weighted by Gasteiger charge is 2.17. The SMILES string of the molecule is CCN1CCN(c2ccc(NC(=O)COC(=O)c3ccc(OC)cc3OC)cc2)CC1. The predicted octanol–water partition coefficient (Wildman–Crippen LogP) is 2.64. The quantitative estimate of drug-likeness (QED) is 0.649. The molecule has 0 atom stereocenters. The minimum atomic E-state index is -0.642. The Bertz CT molecular complexity index is 893. The van der Waals surface area contributed by atoms with Gasteiger partial charge in [-0.25, -0.2) is 4.79 Å². The zero-order valence-electron chi connectivity index (χ0n) is 18.2. The molecular formula is C23H29N3O5. The third-order valence-corrected chi connectivity index (χ3v) is 5.30. The van der Waals surface area contributed by atoms with Crippen LogP contribution in [0.4, 0.5) is 11.4 Å². The largest absolute Gasteiger partial charge is 0.497 e. The molecule has 8 heteroatoms. The number of hydrogen-bond donors (Lipinski definition) is 1. The highest BCUT2D eigenvalue weighted by Crippen LogP contribution is 2.25. The molecule has 166 valence electrons. The molecule has 3 rings (SSSR count). The van der Waals surface area contributed by atoms with Crippen molar-refractivity contribution in [3.05, 3.63) is 48.0 Å². The van der Waals surface area contributed by atoms with Crippen molar-refractivity contribution in [3.8, 4) is 11.5 Å². The highest BCUT2D eigenvalue weighted by atomic mass is 16.5. The summed E-state index contributed by atoms with van der Waals surface area (Å²) in [7, 11) is 2.97. The van der Waals surface area contributed by atoms with Crippen molar-refractivity contribution in [2.24, 2.45) is 0 Å². The van der Waals surface area contributed by atoms with E-state index in [1.807, 2.05) is 24.3 Å². The maximum Gasteiger partial charge on any atom is 0.342 e. The Morgan fingerprint density at radius 2 is 1.68 bits per heavy atom. The van der Waals surface area contributed by atoms with E-state index in [2.05, 4.69) is 22.0 Å². The van der Waals surface area contributed by atoms with Crippen LogP contribution in [0.3, 0.4) is 0 Å². The number of nitrogens with one attached hydrogen (secondary N) is 1. The number of esters is 1. The van der Waals surface area contributed by atoms with E-state index in [4.69, 9.17) is 14.2 Å². The van der Waals surface area contributed by atoms with E-state index in [0.29, 0.717) is 17.2 Å². The Balaban J connectivity index is 1.50. The smallest absolute Gasteiger partial charge is 0.342 e. The molecule has 1 saturated heterocycles. The van der Waals surface area contributed by atoms with Gasteiger partial charge in [0.15, 0.2) is 6.61 Å². The molecule has 1 fully saturated rings. The standard InChI is InChI=1S/C23H29N3O5/c1-4-25-11-13-26(14-12-25)18-7-5-17(6-8-18)24-22(27)16-31-23(28)20-10-9-19(29-2)15-21(20)30-3/h5-10,15H,4,11-14,16H2,1-3H3,(H,24,27). The van der Waals surface area contributed by atoms with Gasteiger partial charge in [-0.15, -0.1) is 0 Å². The second-order valence-corrected chi connectivity index (χ2v) is 7.16. The number of likely N-dealkylation sites (N-methyl/N-ethyl adjacent to an activating group) is 1. The predicted molar refractivity (Wildman–Crippen MR) is 119 cm³/mol. The molecule has 2 aromatic rings. The monoisotopic (exact) mass is 427 g/mol. The Morgan fingerprint density at radius 1 is 0.968 bits per heavy atom. The Kier molecular flexibility index (Phi) is 7.72. The fourth-order valence-electron chi connectivity index (χ4n) is 3.45. The molecular weight excluding hydrogens is 398 g/mol. The summed E-state index contributed by atoms with van der Waals surface area (Å²) in [6.07, 6.45) is 0. The maximum absolute atomic E-state index is 12.3. The minimum absolute atomic E-state index is 0.226. The summed E-state index contributed by atoms with van der Waals surface area (Å²) >= 11 is 0. The number of carbonyl (C=O) groups excluding carboxylic acids is 2. The number of benzene rings is 2. The average Bonchev–Trinajstić information content (AvgIpc) is 2.82. The normalized spacial score (nSPS) is 14.1. The van der Waals surface area contributed by atoms with Gasteiger partial charge in [0.05, 0.1) is 14.2 Å². The molecule has 0 aliphatic carbocycles. The molecule has 2 aromatic carbocycles. The van der Waals surface area contributed by atoms with Crippen molar-refractivity contribution in [3.63, 3.8) is 0 Å². The van der Waals surface area contributed by atoms with Crippen LogP contribution in [0, 0.1) is 0 Å². The van der Waals surface area contributed by atoms with Crippen LogP contribution in [0.1, 0.15) is 17.3 Å². The summed E-state index contributed by atoms with van der Waals surface area (Å²) in [5.74, 6) is -0.177. The van der Waals surface area contributed by atoms with E-state index in [0.717, 1.165) is 38.4 Å². The molecule has 0 radical (unpaired) electrons. The molecule has 0 unspecified atom stereocenters. The van der Waals surface area contributed by atoms with Gasteiger partial charge in [0.25, 0.3) is 5.91 Å². The number of piperazine rings is 1. The first-order chi connectivity index (χ1) is 15.0. The Labute approximate surface area is 182 Å². The zero-order chi connectivity index (χ0) is 22.2. The topological polar surface area (TPSA) is 80.3 Å². The molecule has 0 saturated carbocycles. The van der Waals surface area contributed by atoms with Crippen molar-refractivity contribution in [1.82, 2.24) is 4.90 Å². The van der Waals surface area contributed by atoms with Crippen LogP contribution >= 0.6 is 0 Å². The van der Waals surface area contributed by atoms with Gasteiger partial charge in [-0.05, 0) is 42.9 Å². The van der Waals surface area contributed by atoms with Gasteiger partial charge in [0, 0.05) is 43.6 Å². The fraction of sp³-hybridized carbons (Fsp3) is 0.391. The van der Waals surface area contributed by atoms with Crippen LogP contribution in [-0.2, 0) is 9.53 Å². The molecule has 1 amide bonds. The van der Waals surface area contributed by atoms with Crippen LogP contribution in [0.25, 0.3) is 0 Å². The van der Waals surface area contributed by atoms with Gasteiger partial charge in [0.2, 0.25) is 0 Å². The number of ether oxygens (including phenoxy) is 3. The summed E-state index contributed by atoms with van der Waals surface area (Å²) in [5.41, 5.74) is 2.01. The number of methoxy groups -OCH3 is 2. The van der Waals surface area contributed by atoms with Gasteiger partial charge in [-0.1, -0.05) is 6.92 Å². The zero-order valence-corrected chi connectivity index (χ0v) is 18.2. The van der Waals surface area contributed by atoms with Crippen LogP contribution in [0.2, 0.25) is 0 Å². The van der Waals surface area contributed by atoms with Crippen molar-refractivity contribution < 1.29 is 23.8 Å². The second kappa shape index (κ2) is 10.7.